The third kappa shape index (κ3) is 2.28. The van der Waals surface area contributed by atoms with Gasteiger partial charge in [-0.1, -0.05) is 48.4 Å². The Hall–Kier alpha value is -1.51. The van der Waals surface area contributed by atoms with Crippen LogP contribution in [-0.2, 0) is 11.8 Å². The third-order valence-corrected chi connectivity index (χ3v) is 6.38. The minimum atomic E-state index is 0.170. The number of rotatable bonds is 3. The number of methoxy groups -OCH3 is 1. The highest BCUT2D eigenvalue weighted by atomic mass is 35.5. The highest BCUT2D eigenvalue weighted by Gasteiger charge is 2.50. The quantitative estimate of drug-likeness (QED) is 0.779. The lowest BCUT2D eigenvalue weighted by molar-refractivity contribution is 0.0697. The highest BCUT2D eigenvalue weighted by Crippen LogP contribution is 2.57. The number of hydrogen-bond acceptors (Lipinski definition) is 2. The second-order valence-electron chi connectivity index (χ2n) is 7.15. The van der Waals surface area contributed by atoms with Crippen LogP contribution in [0.4, 0.5) is 0 Å². The van der Waals surface area contributed by atoms with Crippen molar-refractivity contribution in [2.45, 2.75) is 37.1 Å². The van der Waals surface area contributed by atoms with Gasteiger partial charge in [-0.2, -0.15) is 0 Å². The second kappa shape index (κ2) is 6.09. The monoisotopic (exact) mass is 341 g/mol. The molecule has 2 aliphatic rings. The molecule has 0 amide bonds. The molecule has 0 N–H and O–H groups in total. The Balaban J connectivity index is 1.91. The fraction of sp³-hybridized carbons (Fsp3) is 0.429. The molecule has 0 bridgehead atoms. The zero-order chi connectivity index (χ0) is 16.7. The Kier molecular flexibility index (Phi) is 4.06. The molecule has 1 unspecified atom stereocenters. The van der Waals surface area contributed by atoms with Gasteiger partial charge in [0.25, 0.3) is 0 Å². The first kappa shape index (κ1) is 16.0. The molecule has 4 rings (SSSR count). The number of likely N-dealkylation sites (N-methyl/N-ethyl adjacent to an activating group) is 1. The summed E-state index contributed by atoms with van der Waals surface area (Å²) in [5.41, 5.74) is 4.20. The van der Waals surface area contributed by atoms with Crippen LogP contribution >= 0.6 is 11.6 Å². The number of hydrogen-bond donors (Lipinski definition) is 0. The topological polar surface area (TPSA) is 12.5 Å². The molecule has 0 saturated heterocycles. The van der Waals surface area contributed by atoms with Gasteiger partial charge in [-0.25, -0.2) is 0 Å². The van der Waals surface area contributed by atoms with Gasteiger partial charge in [0.1, 0.15) is 5.75 Å². The van der Waals surface area contributed by atoms with Gasteiger partial charge in [0.05, 0.1) is 7.11 Å². The van der Waals surface area contributed by atoms with Crippen molar-refractivity contribution in [2.75, 3.05) is 20.7 Å². The maximum Gasteiger partial charge on any atom is 0.124 e. The Morgan fingerprint density at radius 1 is 1.12 bits per heavy atom. The lowest BCUT2D eigenvalue weighted by Crippen LogP contribution is -2.50. The van der Waals surface area contributed by atoms with Gasteiger partial charge in [0.15, 0.2) is 0 Å². The molecule has 0 radical (unpaired) electrons. The summed E-state index contributed by atoms with van der Waals surface area (Å²) in [5.74, 6) is 0.980. The summed E-state index contributed by atoms with van der Waals surface area (Å²) < 4.78 is 5.76. The van der Waals surface area contributed by atoms with E-state index in [0.29, 0.717) is 6.04 Å². The van der Waals surface area contributed by atoms with Crippen LogP contribution < -0.4 is 4.74 Å². The molecule has 1 fully saturated rings. The molecule has 1 heterocycles. The molecule has 1 aliphatic heterocycles. The molecule has 2 nitrogen and oxygen atoms in total. The predicted molar refractivity (Wildman–Crippen MR) is 99.1 cm³/mol. The molecule has 24 heavy (non-hydrogen) atoms. The van der Waals surface area contributed by atoms with Crippen LogP contribution in [0.2, 0.25) is 5.02 Å². The molecular weight excluding hydrogens is 318 g/mol. The van der Waals surface area contributed by atoms with Gasteiger partial charge in [0, 0.05) is 28.6 Å². The largest absolute Gasteiger partial charge is 0.496 e. The summed E-state index contributed by atoms with van der Waals surface area (Å²) in [5, 5.41) is 0.881. The van der Waals surface area contributed by atoms with E-state index in [0.717, 1.165) is 23.7 Å². The van der Waals surface area contributed by atoms with Crippen LogP contribution in [0.5, 0.6) is 5.75 Å². The summed E-state index contributed by atoms with van der Waals surface area (Å²) in [6.07, 6.45) is 4.73. The number of benzene rings is 2. The molecule has 1 aliphatic carbocycles. The number of nitrogens with zero attached hydrogens (tertiary/aromatic N) is 1. The van der Waals surface area contributed by atoms with Crippen LogP contribution in [0.15, 0.2) is 42.5 Å². The molecular formula is C21H24ClNO. The molecule has 2 aromatic carbocycles. The Labute approximate surface area is 149 Å². The van der Waals surface area contributed by atoms with Crippen molar-refractivity contribution >= 4 is 11.6 Å². The van der Waals surface area contributed by atoms with Gasteiger partial charge < -0.3 is 4.74 Å². The minimum Gasteiger partial charge on any atom is -0.496 e. The average molecular weight is 342 g/mol. The van der Waals surface area contributed by atoms with Crippen molar-refractivity contribution < 1.29 is 4.74 Å². The normalized spacial score (nSPS) is 22.5. The lowest BCUT2D eigenvalue weighted by Gasteiger charge is -2.54. The molecule has 126 valence electrons. The van der Waals surface area contributed by atoms with E-state index in [1.54, 1.807) is 7.11 Å². The lowest BCUT2D eigenvalue weighted by atomic mass is 9.57. The van der Waals surface area contributed by atoms with E-state index in [1.165, 1.54) is 36.0 Å². The first-order chi connectivity index (χ1) is 11.7. The molecule has 2 aromatic rings. The first-order valence-electron chi connectivity index (χ1n) is 8.78. The van der Waals surface area contributed by atoms with E-state index < -0.39 is 0 Å². The van der Waals surface area contributed by atoms with Crippen LogP contribution in [0.25, 0.3) is 0 Å². The fourth-order valence-corrected chi connectivity index (χ4v) is 4.99. The van der Waals surface area contributed by atoms with E-state index in [2.05, 4.69) is 42.3 Å². The van der Waals surface area contributed by atoms with Crippen molar-refractivity contribution in [3.05, 3.63) is 64.2 Å². The van der Waals surface area contributed by atoms with Crippen molar-refractivity contribution in [2.24, 2.45) is 0 Å². The van der Waals surface area contributed by atoms with E-state index in [1.807, 2.05) is 12.1 Å². The Morgan fingerprint density at radius 2 is 1.88 bits per heavy atom. The zero-order valence-corrected chi connectivity index (χ0v) is 15.1. The minimum absolute atomic E-state index is 0.170. The van der Waals surface area contributed by atoms with Crippen molar-refractivity contribution in [1.82, 2.24) is 4.90 Å². The van der Waals surface area contributed by atoms with Crippen LogP contribution in [-0.4, -0.2) is 25.6 Å². The van der Waals surface area contributed by atoms with E-state index in [4.69, 9.17) is 16.3 Å². The first-order valence-corrected chi connectivity index (χ1v) is 9.16. The number of ether oxygens (including phenoxy) is 1. The van der Waals surface area contributed by atoms with Gasteiger partial charge >= 0.3 is 0 Å². The third-order valence-electron chi connectivity index (χ3n) is 6.03. The van der Waals surface area contributed by atoms with Crippen molar-refractivity contribution in [3.63, 3.8) is 0 Å². The summed E-state index contributed by atoms with van der Waals surface area (Å²) in [6.45, 7) is 1.04. The summed E-state index contributed by atoms with van der Waals surface area (Å²) in [4.78, 5) is 2.51. The van der Waals surface area contributed by atoms with Gasteiger partial charge in [-0.15, -0.1) is 0 Å². The maximum atomic E-state index is 6.57. The van der Waals surface area contributed by atoms with Gasteiger partial charge in [-0.3, -0.25) is 4.90 Å². The molecule has 3 heteroatoms. The standard InChI is InChI=1S/C21H24ClNO/c1-23-14-11-16-17(22)9-10-18(24-2)19(16)20(23)21(12-6-13-21)15-7-4-3-5-8-15/h3-5,7-10,20H,6,11-14H2,1-2H3. The van der Waals surface area contributed by atoms with E-state index >= 15 is 0 Å². The Morgan fingerprint density at radius 3 is 2.50 bits per heavy atom. The fourth-order valence-electron chi connectivity index (χ4n) is 4.73. The summed E-state index contributed by atoms with van der Waals surface area (Å²) in [6, 6.07) is 15.3. The van der Waals surface area contributed by atoms with Crippen molar-refractivity contribution in [3.8, 4) is 5.75 Å². The Bertz CT molecular complexity index is 739. The van der Waals surface area contributed by atoms with Crippen LogP contribution in [0, 0.1) is 0 Å². The maximum absolute atomic E-state index is 6.57. The molecule has 1 atom stereocenters. The smallest absolute Gasteiger partial charge is 0.124 e. The number of halogens is 1. The second-order valence-corrected chi connectivity index (χ2v) is 7.56. The molecule has 1 saturated carbocycles. The summed E-state index contributed by atoms with van der Waals surface area (Å²) in [7, 11) is 4.02. The van der Waals surface area contributed by atoms with E-state index in [-0.39, 0.29) is 5.41 Å². The highest BCUT2D eigenvalue weighted by molar-refractivity contribution is 6.31. The molecule has 0 spiro atoms. The van der Waals surface area contributed by atoms with Crippen LogP contribution in [0.1, 0.15) is 42.0 Å². The van der Waals surface area contributed by atoms with Crippen molar-refractivity contribution in [1.29, 1.82) is 0 Å². The molecule has 0 aromatic heterocycles. The summed E-state index contributed by atoms with van der Waals surface area (Å²) >= 11 is 6.57. The number of fused-ring (bicyclic) bond motifs is 1. The van der Waals surface area contributed by atoms with Crippen LogP contribution in [0.3, 0.4) is 0 Å². The van der Waals surface area contributed by atoms with Gasteiger partial charge in [-0.05, 0) is 49.6 Å². The SMILES string of the molecule is COc1ccc(Cl)c2c1C(C1(c3ccccc3)CCC1)N(C)CC2. The average Bonchev–Trinajstić information content (AvgIpc) is 2.57. The predicted octanol–water partition coefficient (Wildman–Crippen LogP) is 5.00. The van der Waals surface area contributed by atoms with E-state index in [9.17, 15) is 0 Å². The van der Waals surface area contributed by atoms with Gasteiger partial charge in [0.2, 0.25) is 0 Å². The zero-order valence-electron chi connectivity index (χ0n) is 14.4.